The van der Waals surface area contributed by atoms with Crippen molar-refractivity contribution in [2.45, 2.75) is 25.9 Å². The first-order valence-corrected chi connectivity index (χ1v) is 5.85. The van der Waals surface area contributed by atoms with Gasteiger partial charge in [0.25, 0.3) is 0 Å². The summed E-state index contributed by atoms with van der Waals surface area (Å²) >= 11 is 0. The van der Waals surface area contributed by atoms with Gasteiger partial charge in [-0.15, -0.1) is 0 Å². The molecule has 0 saturated carbocycles. The van der Waals surface area contributed by atoms with Gasteiger partial charge < -0.3 is 15.2 Å². The predicted molar refractivity (Wildman–Crippen MR) is 65.8 cm³/mol. The molecule has 2 N–H and O–H groups in total. The van der Waals surface area contributed by atoms with Gasteiger partial charge in [-0.05, 0) is 31.5 Å². The summed E-state index contributed by atoms with van der Waals surface area (Å²) in [7, 11) is 1.58. The number of benzene rings is 1. The fourth-order valence-corrected chi connectivity index (χ4v) is 1.52. The molecule has 100 valence electrons. The summed E-state index contributed by atoms with van der Waals surface area (Å²) in [6, 6.07) is 4.01. The quantitative estimate of drug-likeness (QED) is 0.762. The summed E-state index contributed by atoms with van der Waals surface area (Å²) < 4.78 is 18.5. The molecular formula is C13H18FNO3. The summed E-state index contributed by atoms with van der Waals surface area (Å²) in [5.41, 5.74) is 0.412. The van der Waals surface area contributed by atoms with E-state index in [0.29, 0.717) is 30.8 Å². The SMILES string of the molecule is CNC(=O)CCCOc1ccc(F)cc1C(C)O. The molecule has 0 aromatic heterocycles. The number of aliphatic hydroxyl groups is 1. The van der Waals surface area contributed by atoms with Crippen molar-refractivity contribution in [3.05, 3.63) is 29.6 Å². The Morgan fingerprint density at radius 2 is 2.28 bits per heavy atom. The van der Waals surface area contributed by atoms with Gasteiger partial charge in [0.15, 0.2) is 0 Å². The van der Waals surface area contributed by atoms with E-state index in [-0.39, 0.29) is 5.91 Å². The first kappa shape index (κ1) is 14.4. The fraction of sp³-hybridized carbons (Fsp3) is 0.462. The number of hydrogen-bond acceptors (Lipinski definition) is 3. The van der Waals surface area contributed by atoms with Crippen molar-refractivity contribution in [2.75, 3.05) is 13.7 Å². The summed E-state index contributed by atoms with van der Waals surface area (Å²) in [6.07, 6.45) is 0.146. The molecule has 18 heavy (non-hydrogen) atoms. The van der Waals surface area contributed by atoms with Crippen molar-refractivity contribution in [1.82, 2.24) is 5.32 Å². The summed E-state index contributed by atoms with van der Waals surface area (Å²) in [5, 5.41) is 12.0. The molecular weight excluding hydrogens is 237 g/mol. The highest BCUT2D eigenvalue weighted by atomic mass is 19.1. The predicted octanol–water partition coefficient (Wildman–Crippen LogP) is 1.78. The molecule has 1 rings (SSSR count). The topological polar surface area (TPSA) is 58.6 Å². The van der Waals surface area contributed by atoms with Gasteiger partial charge in [0, 0.05) is 19.0 Å². The average Bonchev–Trinajstić information content (AvgIpc) is 2.35. The van der Waals surface area contributed by atoms with E-state index in [1.807, 2.05) is 0 Å². The zero-order valence-electron chi connectivity index (χ0n) is 10.6. The van der Waals surface area contributed by atoms with Gasteiger partial charge >= 0.3 is 0 Å². The lowest BCUT2D eigenvalue weighted by atomic mass is 10.1. The molecule has 0 aliphatic heterocycles. The van der Waals surface area contributed by atoms with E-state index in [2.05, 4.69) is 5.32 Å². The van der Waals surface area contributed by atoms with Crippen LogP contribution in [0.2, 0.25) is 0 Å². The van der Waals surface area contributed by atoms with Crippen LogP contribution in [0.25, 0.3) is 0 Å². The Bertz CT molecular complexity index is 407. The van der Waals surface area contributed by atoms with E-state index < -0.39 is 11.9 Å². The van der Waals surface area contributed by atoms with Crippen LogP contribution in [0.5, 0.6) is 5.75 Å². The van der Waals surface area contributed by atoms with Crippen LogP contribution in [-0.4, -0.2) is 24.7 Å². The van der Waals surface area contributed by atoms with Crippen LogP contribution in [0.4, 0.5) is 4.39 Å². The molecule has 5 heteroatoms. The largest absolute Gasteiger partial charge is 0.493 e. The third kappa shape index (κ3) is 4.33. The summed E-state index contributed by atoms with van der Waals surface area (Å²) in [4.78, 5) is 11.0. The highest BCUT2D eigenvalue weighted by Crippen LogP contribution is 2.26. The van der Waals surface area contributed by atoms with Crippen LogP contribution in [0.1, 0.15) is 31.4 Å². The Hall–Kier alpha value is -1.62. The van der Waals surface area contributed by atoms with Crippen molar-refractivity contribution in [3.8, 4) is 5.75 Å². The first-order chi connectivity index (χ1) is 8.54. The molecule has 0 bridgehead atoms. The second-order valence-electron chi connectivity index (χ2n) is 3.98. The van der Waals surface area contributed by atoms with Crippen LogP contribution in [-0.2, 0) is 4.79 Å². The summed E-state index contributed by atoms with van der Waals surface area (Å²) in [5.74, 6) is -0.0135. The second-order valence-corrected chi connectivity index (χ2v) is 3.98. The highest BCUT2D eigenvalue weighted by Gasteiger charge is 2.10. The van der Waals surface area contributed by atoms with Crippen LogP contribution < -0.4 is 10.1 Å². The van der Waals surface area contributed by atoms with E-state index in [9.17, 15) is 14.3 Å². The molecule has 0 radical (unpaired) electrons. The zero-order valence-corrected chi connectivity index (χ0v) is 10.6. The minimum Gasteiger partial charge on any atom is -0.493 e. The van der Waals surface area contributed by atoms with Crippen LogP contribution in [0.3, 0.4) is 0 Å². The molecule has 1 aromatic rings. The van der Waals surface area contributed by atoms with Crippen molar-refractivity contribution in [3.63, 3.8) is 0 Å². The lowest BCUT2D eigenvalue weighted by Crippen LogP contribution is -2.18. The third-order valence-corrected chi connectivity index (χ3v) is 2.51. The van der Waals surface area contributed by atoms with E-state index in [0.717, 1.165) is 0 Å². The standard InChI is InChI=1S/C13H18FNO3/c1-9(16)11-8-10(14)5-6-12(11)18-7-3-4-13(17)15-2/h5-6,8-9,16H,3-4,7H2,1-2H3,(H,15,17). The monoisotopic (exact) mass is 255 g/mol. The third-order valence-electron chi connectivity index (χ3n) is 2.51. The lowest BCUT2D eigenvalue weighted by Gasteiger charge is -2.13. The van der Waals surface area contributed by atoms with Crippen molar-refractivity contribution in [2.24, 2.45) is 0 Å². The number of amides is 1. The highest BCUT2D eigenvalue weighted by molar-refractivity contribution is 5.75. The Morgan fingerprint density at radius 1 is 1.56 bits per heavy atom. The number of nitrogens with one attached hydrogen (secondary N) is 1. The van der Waals surface area contributed by atoms with E-state index in [4.69, 9.17) is 4.74 Å². The maximum Gasteiger partial charge on any atom is 0.219 e. The molecule has 0 saturated heterocycles. The van der Waals surface area contributed by atoms with Gasteiger partial charge in [-0.25, -0.2) is 4.39 Å². The molecule has 4 nitrogen and oxygen atoms in total. The molecule has 0 heterocycles. The van der Waals surface area contributed by atoms with Gasteiger partial charge in [-0.2, -0.15) is 0 Å². The second kappa shape index (κ2) is 6.96. The van der Waals surface area contributed by atoms with Crippen LogP contribution >= 0.6 is 0 Å². The number of hydrogen-bond donors (Lipinski definition) is 2. The van der Waals surface area contributed by atoms with E-state index >= 15 is 0 Å². The molecule has 0 fully saturated rings. The molecule has 1 atom stereocenters. The minimum absolute atomic E-state index is 0.0477. The first-order valence-electron chi connectivity index (χ1n) is 5.85. The van der Waals surface area contributed by atoms with Gasteiger partial charge in [0.05, 0.1) is 12.7 Å². The zero-order chi connectivity index (χ0) is 13.5. The maximum absolute atomic E-state index is 13.0. The normalized spacial score (nSPS) is 12.0. The van der Waals surface area contributed by atoms with Gasteiger partial charge in [-0.3, -0.25) is 4.79 Å². The Labute approximate surface area is 106 Å². The number of halogens is 1. The van der Waals surface area contributed by atoms with Crippen molar-refractivity contribution in [1.29, 1.82) is 0 Å². The fourth-order valence-electron chi connectivity index (χ4n) is 1.52. The van der Waals surface area contributed by atoms with Crippen molar-refractivity contribution >= 4 is 5.91 Å². The van der Waals surface area contributed by atoms with Gasteiger partial charge in [-0.1, -0.05) is 0 Å². The van der Waals surface area contributed by atoms with Gasteiger partial charge in [0.2, 0.25) is 5.91 Å². The lowest BCUT2D eigenvalue weighted by molar-refractivity contribution is -0.120. The minimum atomic E-state index is -0.797. The molecule has 1 aromatic carbocycles. The maximum atomic E-state index is 13.0. The molecule has 1 amide bonds. The van der Waals surface area contributed by atoms with Crippen LogP contribution in [0, 0.1) is 5.82 Å². The number of ether oxygens (including phenoxy) is 1. The van der Waals surface area contributed by atoms with Crippen LogP contribution in [0.15, 0.2) is 18.2 Å². The van der Waals surface area contributed by atoms with Gasteiger partial charge in [0.1, 0.15) is 11.6 Å². The molecule has 0 aliphatic rings. The molecule has 0 aliphatic carbocycles. The summed E-state index contributed by atoms with van der Waals surface area (Å²) in [6.45, 7) is 1.89. The molecule has 0 spiro atoms. The van der Waals surface area contributed by atoms with E-state index in [1.54, 1.807) is 14.0 Å². The Balaban J connectivity index is 2.54. The number of carbonyl (C=O) groups is 1. The average molecular weight is 255 g/mol. The van der Waals surface area contributed by atoms with Crippen molar-refractivity contribution < 1.29 is 19.0 Å². The number of carbonyl (C=O) groups excluding carboxylic acids is 1. The Kier molecular flexibility index (Phi) is 5.58. The van der Waals surface area contributed by atoms with E-state index in [1.165, 1.54) is 18.2 Å². The Morgan fingerprint density at radius 3 is 2.89 bits per heavy atom. The number of aliphatic hydroxyl groups excluding tert-OH is 1. The molecule has 1 unspecified atom stereocenters. The smallest absolute Gasteiger partial charge is 0.219 e. The number of rotatable bonds is 6.